The van der Waals surface area contributed by atoms with Gasteiger partial charge in [-0.2, -0.15) is 0 Å². The van der Waals surface area contributed by atoms with E-state index in [1.165, 1.54) is 68.9 Å². The smallest absolute Gasteiger partial charge is 0.0218 e. The van der Waals surface area contributed by atoms with Gasteiger partial charge in [-0.05, 0) is 47.0 Å². The molecule has 2 aromatic rings. The van der Waals surface area contributed by atoms with E-state index >= 15 is 0 Å². The number of hydrogen-bond donors (Lipinski definition) is 0. The van der Waals surface area contributed by atoms with Gasteiger partial charge in [-0.25, -0.2) is 0 Å². The molecule has 0 atom stereocenters. The summed E-state index contributed by atoms with van der Waals surface area (Å²) < 4.78 is 0. The van der Waals surface area contributed by atoms with Crippen LogP contribution in [0.4, 0.5) is 0 Å². The van der Waals surface area contributed by atoms with E-state index in [1.807, 2.05) is 0 Å². The first-order valence-corrected chi connectivity index (χ1v) is 11.9. The fourth-order valence-electron chi connectivity index (χ4n) is 3.99. The van der Waals surface area contributed by atoms with Gasteiger partial charge in [-0.15, -0.1) is 0 Å². The van der Waals surface area contributed by atoms with Gasteiger partial charge in [0.05, 0.1) is 0 Å². The predicted octanol–water partition coefficient (Wildman–Crippen LogP) is 9.56. The molecule has 0 aromatic heterocycles. The zero-order chi connectivity index (χ0) is 21.0. The summed E-state index contributed by atoms with van der Waals surface area (Å²) in [7, 11) is 0. The molecule has 0 saturated carbocycles. The highest BCUT2D eigenvalue weighted by Crippen LogP contribution is 2.40. The van der Waals surface area contributed by atoms with E-state index in [1.54, 1.807) is 11.1 Å². The van der Waals surface area contributed by atoms with Gasteiger partial charge in [0.1, 0.15) is 0 Å². The molecule has 0 bridgehead atoms. The summed E-state index contributed by atoms with van der Waals surface area (Å²) in [6.07, 6.45) is 13.0. The Morgan fingerprint density at radius 2 is 1.10 bits per heavy atom. The van der Waals surface area contributed by atoms with Crippen LogP contribution >= 0.6 is 0 Å². The third kappa shape index (κ3) is 8.21. The number of unbranched alkanes of at least 4 members (excludes halogenated alkanes) is 6. The second-order valence-electron chi connectivity index (χ2n) is 9.26. The summed E-state index contributed by atoms with van der Waals surface area (Å²) in [6, 6.07) is 22.2. The Kier molecular flexibility index (Phi) is 10.3. The van der Waals surface area contributed by atoms with Crippen molar-refractivity contribution in [3.63, 3.8) is 0 Å². The van der Waals surface area contributed by atoms with Gasteiger partial charge >= 0.3 is 0 Å². The minimum Gasteiger partial charge on any atom is -0.0654 e. The molecule has 0 aliphatic carbocycles. The molecule has 0 spiro atoms. The molecule has 0 aliphatic heterocycles. The van der Waals surface area contributed by atoms with Crippen LogP contribution in [-0.4, -0.2) is 0 Å². The van der Waals surface area contributed by atoms with Crippen LogP contribution in [0.5, 0.6) is 0 Å². The van der Waals surface area contributed by atoms with Crippen LogP contribution in [0.2, 0.25) is 0 Å². The van der Waals surface area contributed by atoms with Gasteiger partial charge in [0, 0.05) is 0 Å². The maximum Gasteiger partial charge on any atom is -0.0218 e. The van der Waals surface area contributed by atoms with E-state index < -0.39 is 0 Å². The lowest BCUT2D eigenvalue weighted by atomic mass is 9.78. The fourth-order valence-corrected chi connectivity index (χ4v) is 3.99. The highest BCUT2D eigenvalue weighted by atomic mass is 14.3. The first-order chi connectivity index (χ1) is 14.1. The molecule has 0 aliphatic rings. The summed E-state index contributed by atoms with van der Waals surface area (Å²) >= 11 is 0. The topological polar surface area (TPSA) is 0 Å². The van der Waals surface area contributed by atoms with Crippen LogP contribution in [0.25, 0.3) is 11.1 Å². The Hall–Kier alpha value is -1.82. The molecule has 0 saturated heterocycles. The average molecular weight is 391 g/mol. The lowest BCUT2D eigenvalue weighted by Gasteiger charge is -2.27. The Morgan fingerprint density at radius 1 is 0.621 bits per heavy atom. The minimum atomic E-state index is 0.311. The van der Waals surface area contributed by atoms with Gasteiger partial charge in [0.2, 0.25) is 0 Å². The molecular weight excluding hydrogens is 348 g/mol. The summed E-state index contributed by atoms with van der Waals surface area (Å²) in [5.41, 5.74) is 6.23. The van der Waals surface area contributed by atoms with Crippen molar-refractivity contribution in [1.82, 2.24) is 0 Å². The van der Waals surface area contributed by atoms with E-state index in [4.69, 9.17) is 0 Å². The van der Waals surface area contributed by atoms with E-state index in [2.05, 4.69) is 88.4 Å². The van der Waals surface area contributed by atoms with Crippen molar-refractivity contribution in [3.05, 3.63) is 71.8 Å². The maximum absolute atomic E-state index is 2.41. The number of rotatable bonds is 13. The van der Waals surface area contributed by atoms with Crippen LogP contribution in [0, 0.1) is 5.41 Å². The maximum atomic E-state index is 2.41. The molecule has 0 N–H and O–H groups in total. The molecule has 2 rings (SSSR count). The van der Waals surface area contributed by atoms with Crippen LogP contribution < -0.4 is 0 Å². The second-order valence-corrected chi connectivity index (χ2v) is 9.26. The third-order valence-electron chi connectivity index (χ3n) is 6.25. The Balaban J connectivity index is 2.28. The van der Waals surface area contributed by atoms with Crippen molar-refractivity contribution in [2.24, 2.45) is 5.41 Å². The monoisotopic (exact) mass is 390 g/mol. The molecule has 0 amide bonds. The standard InChI is InChI=1S/C29H42/c1-5-7-8-9-10-11-18-23-27(25-19-14-12-15-20-25)28(24-29(3,4)6-2)26-21-16-13-17-22-26/h12-17,19-22H,5-11,18,23-24H2,1-4H3/b28-27+. The van der Waals surface area contributed by atoms with E-state index in [9.17, 15) is 0 Å². The van der Waals surface area contributed by atoms with Gasteiger partial charge in [-0.1, -0.05) is 133 Å². The lowest BCUT2D eigenvalue weighted by Crippen LogP contribution is -2.11. The van der Waals surface area contributed by atoms with Gasteiger partial charge in [-0.3, -0.25) is 0 Å². The SMILES string of the molecule is CCCCCCCCC/C(=C(/CC(C)(C)CC)c1ccccc1)c1ccccc1. The molecular formula is C29H42. The Morgan fingerprint density at radius 3 is 1.62 bits per heavy atom. The van der Waals surface area contributed by atoms with Crippen molar-refractivity contribution in [3.8, 4) is 0 Å². The molecule has 0 radical (unpaired) electrons. The van der Waals surface area contributed by atoms with Crippen LogP contribution in [0.3, 0.4) is 0 Å². The highest BCUT2D eigenvalue weighted by molar-refractivity contribution is 5.91. The first-order valence-electron chi connectivity index (χ1n) is 11.9. The molecule has 0 unspecified atom stereocenters. The van der Waals surface area contributed by atoms with Gasteiger partial charge in [0.25, 0.3) is 0 Å². The van der Waals surface area contributed by atoms with E-state index in [0.717, 1.165) is 6.42 Å². The van der Waals surface area contributed by atoms with Gasteiger partial charge < -0.3 is 0 Å². The van der Waals surface area contributed by atoms with E-state index in [0.29, 0.717) is 5.41 Å². The molecule has 2 aromatic carbocycles. The van der Waals surface area contributed by atoms with Crippen molar-refractivity contribution in [1.29, 1.82) is 0 Å². The van der Waals surface area contributed by atoms with E-state index in [-0.39, 0.29) is 0 Å². The van der Waals surface area contributed by atoms with Crippen LogP contribution in [0.15, 0.2) is 60.7 Å². The molecule has 0 heteroatoms. The summed E-state index contributed by atoms with van der Waals surface area (Å²) in [5, 5.41) is 0. The molecule has 0 fully saturated rings. The number of allylic oxidation sites excluding steroid dienone is 2. The Labute approximate surface area is 180 Å². The fraction of sp³-hybridized carbons (Fsp3) is 0.517. The largest absolute Gasteiger partial charge is 0.0654 e. The minimum absolute atomic E-state index is 0.311. The number of benzene rings is 2. The lowest BCUT2D eigenvalue weighted by molar-refractivity contribution is 0.362. The molecule has 0 heterocycles. The molecule has 29 heavy (non-hydrogen) atoms. The average Bonchev–Trinajstić information content (AvgIpc) is 2.76. The summed E-state index contributed by atoms with van der Waals surface area (Å²) in [6.45, 7) is 9.43. The van der Waals surface area contributed by atoms with Crippen molar-refractivity contribution in [2.45, 2.75) is 91.9 Å². The van der Waals surface area contributed by atoms with Gasteiger partial charge in [0.15, 0.2) is 0 Å². The molecule has 158 valence electrons. The highest BCUT2D eigenvalue weighted by Gasteiger charge is 2.21. The van der Waals surface area contributed by atoms with Crippen molar-refractivity contribution >= 4 is 11.1 Å². The number of hydrogen-bond acceptors (Lipinski definition) is 0. The van der Waals surface area contributed by atoms with Crippen molar-refractivity contribution < 1.29 is 0 Å². The summed E-state index contributed by atoms with van der Waals surface area (Å²) in [4.78, 5) is 0. The molecule has 0 nitrogen and oxygen atoms in total. The predicted molar refractivity (Wildman–Crippen MR) is 131 cm³/mol. The third-order valence-corrected chi connectivity index (χ3v) is 6.25. The zero-order valence-electron chi connectivity index (χ0n) is 19.3. The quantitative estimate of drug-likeness (QED) is 0.236. The normalized spacial score (nSPS) is 12.7. The first kappa shape index (κ1) is 23.5. The Bertz CT molecular complexity index is 706. The van der Waals surface area contributed by atoms with Crippen LogP contribution in [-0.2, 0) is 0 Å². The second kappa shape index (κ2) is 12.7. The van der Waals surface area contributed by atoms with Crippen LogP contribution in [0.1, 0.15) is 103 Å². The summed E-state index contributed by atoms with van der Waals surface area (Å²) in [5.74, 6) is 0. The van der Waals surface area contributed by atoms with Crippen molar-refractivity contribution in [2.75, 3.05) is 0 Å². The zero-order valence-corrected chi connectivity index (χ0v) is 19.3.